The average molecular weight is 236 g/mol. The molecule has 0 saturated heterocycles. The minimum atomic E-state index is 0.420. The SMILES string of the molecule is CC1CCC(C2CC(C(C)C)CCC2=O)CC1. The van der Waals surface area contributed by atoms with Crippen LogP contribution < -0.4 is 0 Å². The van der Waals surface area contributed by atoms with Gasteiger partial charge >= 0.3 is 0 Å². The third kappa shape index (κ3) is 3.11. The first-order valence-corrected chi connectivity index (χ1v) is 7.60. The van der Waals surface area contributed by atoms with E-state index >= 15 is 0 Å². The summed E-state index contributed by atoms with van der Waals surface area (Å²) in [7, 11) is 0. The van der Waals surface area contributed by atoms with Crippen LogP contribution in [0, 0.1) is 29.6 Å². The molecule has 0 heterocycles. The summed E-state index contributed by atoms with van der Waals surface area (Å²) in [5, 5.41) is 0. The number of hydrogen-bond acceptors (Lipinski definition) is 1. The molecule has 2 atom stereocenters. The second kappa shape index (κ2) is 5.54. The summed E-state index contributed by atoms with van der Waals surface area (Å²) in [6.45, 7) is 7.00. The lowest BCUT2D eigenvalue weighted by Gasteiger charge is -2.38. The second-order valence-electron chi connectivity index (χ2n) is 6.87. The minimum absolute atomic E-state index is 0.420. The van der Waals surface area contributed by atoms with Gasteiger partial charge in [0.15, 0.2) is 0 Å². The standard InChI is InChI=1S/C16H28O/c1-11(2)14-8-9-16(17)15(10-14)13-6-4-12(3)5-7-13/h11-15H,4-10H2,1-3H3. The normalized spacial score (nSPS) is 39.6. The van der Waals surface area contributed by atoms with E-state index in [1.807, 2.05) is 0 Å². The number of hydrogen-bond donors (Lipinski definition) is 0. The van der Waals surface area contributed by atoms with E-state index in [4.69, 9.17) is 0 Å². The smallest absolute Gasteiger partial charge is 0.136 e. The molecule has 17 heavy (non-hydrogen) atoms. The molecule has 2 fully saturated rings. The lowest BCUT2D eigenvalue weighted by molar-refractivity contribution is -0.128. The molecule has 2 saturated carbocycles. The lowest BCUT2D eigenvalue weighted by atomic mass is 9.66. The van der Waals surface area contributed by atoms with E-state index < -0.39 is 0 Å². The molecular formula is C16H28O. The highest BCUT2D eigenvalue weighted by Gasteiger charge is 2.36. The third-order valence-electron chi connectivity index (χ3n) is 5.30. The zero-order valence-corrected chi connectivity index (χ0v) is 11.7. The first-order chi connectivity index (χ1) is 8.08. The van der Waals surface area contributed by atoms with Crippen molar-refractivity contribution in [2.75, 3.05) is 0 Å². The van der Waals surface area contributed by atoms with E-state index in [0.717, 1.165) is 36.5 Å². The van der Waals surface area contributed by atoms with Gasteiger partial charge in [0.1, 0.15) is 5.78 Å². The summed E-state index contributed by atoms with van der Waals surface area (Å²) in [4.78, 5) is 12.1. The Morgan fingerprint density at radius 2 is 1.71 bits per heavy atom. The summed E-state index contributed by atoms with van der Waals surface area (Å²) < 4.78 is 0. The molecule has 1 heteroatoms. The molecule has 0 aromatic heterocycles. The maximum atomic E-state index is 12.1. The molecule has 1 nitrogen and oxygen atoms in total. The Morgan fingerprint density at radius 3 is 2.29 bits per heavy atom. The number of ketones is 1. The fraction of sp³-hybridized carbons (Fsp3) is 0.938. The van der Waals surface area contributed by atoms with Crippen LogP contribution in [0.1, 0.15) is 65.7 Å². The molecule has 0 aliphatic heterocycles. The van der Waals surface area contributed by atoms with Crippen molar-refractivity contribution < 1.29 is 4.79 Å². The predicted octanol–water partition coefficient (Wildman–Crippen LogP) is 4.45. The maximum absolute atomic E-state index is 12.1. The van der Waals surface area contributed by atoms with Crippen LogP contribution in [0.25, 0.3) is 0 Å². The molecule has 2 aliphatic carbocycles. The summed E-state index contributed by atoms with van der Waals surface area (Å²) in [6, 6.07) is 0. The molecule has 2 unspecified atom stereocenters. The summed E-state index contributed by atoms with van der Waals surface area (Å²) in [5.74, 6) is 4.18. The summed E-state index contributed by atoms with van der Waals surface area (Å²) >= 11 is 0. The van der Waals surface area contributed by atoms with Crippen LogP contribution in [0.5, 0.6) is 0 Å². The molecule has 0 aromatic rings. The van der Waals surface area contributed by atoms with Crippen LogP contribution in [0.4, 0.5) is 0 Å². The number of carbonyl (C=O) groups is 1. The van der Waals surface area contributed by atoms with Crippen LogP contribution in [-0.4, -0.2) is 5.78 Å². The Balaban J connectivity index is 1.95. The number of rotatable bonds is 2. The van der Waals surface area contributed by atoms with E-state index in [-0.39, 0.29) is 0 Å². The zero-order valence-electron chi connectivity index (χ0n) is 11.7. The number of carbonyl (C=O) groups excluding carboxylic acids is 1. The van der Waals surface area contributed by atoms with Crippen LogP contribution in [0.15, 0.2) is 0 Å². The Bertz CT molecular complexity index is 261. The largest absolute Gasteiger partial charge is 0.299 e. The highest BCUT2D eigenvalue weighted by atomic mass is 16.1. The molecule has 98 valence electrons. The fourth-order valence-electron chi connectivity index (χ4n) is 3.84. The van der Waals surface area contributed by atoms with Crippen LogP contribution in [0.2, 0.25) is 0 Å². The highest BCUT2D eigenvalue weighted by Crippen LogP contribution is 2.41. The van der Waals surface area contributed by atoms with Crippen molar-refractivity contribution >= 4 is 5.78 Å². The maximum Gasteiger partial charge on any atom is 0.136 e. The third-order valence-corrected chi connectivity index (χ3v) is 5.30. The van der Waals surface area contributed by atoms with Crippen molar-refractivity contribution in [3.05, 3.63) is 0 Å². The first kappa shape index (κ1) is 13.1. The van der Waals surface area contributed by atoms with E-state index in [9.17, 15) is 4.79 Å². The Hall–Kier alpha value is -0.330. The predicted molar refractivity (Wildman–Crippen MR) is 71.8 cm³/mol. The Labute approximate surface area is 106 Å². The Kier molecular flexibility index (Phi) is 4.27. The van der Waals surface area contributed by atoms with Crippen LogP contribution in [0.3, 0.4) is 0 Å². The van der Waals surface area contributed by atoms with Gasteiger partial charge in [-0.2, -0.15) is 0 Å². The summed E-state index contributed by atoms with van der Waals surface area (Å²) in [6.07, 6.45) is 8.51. The Morgan fingerprint density at radius 1 is 1.06 bits per heavy atom. The van der Waals surface area contributed by atoms with Gasteiger partial charge < -0.3 is 0 Å². The highest BCUT2D eigenvalue weighted by molar-refractivity contribution is 5.82. The van der Waals surface area contributed by atoms with E-state index in [2.05, 4.69) is 20.8 Å². The first-order valence-electron chi connectivity index (χ1n) is 7.60. The molecule has 0 N–H and O–H groups in total. The van der Waals surface area contributed by atoms with Gasteiger partial charge in [0.05, 0.1) is 0 Å². The van der Waals surface area contributed by atoms with Gasteiger partial charge in [0, 0.05) is 12.3 Å². The fourth-order valence-corrected chi connectivity index (χ4v) is 3.84. The van der Waals surface area contributed by atoms with Gasteiger partial charge in [-0.3, -0.25) is 4.79 Å². The molecule has 0 spiro atoms. The van der Waals surface area contributed by atoms with Crippen molar-refractivity contribution in [1.82, 2.24) is 0 Å². The van der Waals surface area contributed by atoms with Crippen molar-refractivity contribution in [3.8, 4) is 0 Å². The van der Waals surface area contributed by atoms with Gasteiger partial charge in [-0.15, -0.1) is 0 Å². The average Bonchev–Trinajstić information content (AvgIpc) is 2.31. The van der Waals surface area contributed by atoms with E-state index in [0.29, 0.717) is 11.7 Å². The lowest BCUT2D eigenvalue weighted by Crippen LogP contribution is -2.34. The molecule has 0 aromatic carbocycles. The molecule has 0 radical (unpaired) electrons. The van der Waals surface area contributed by atoms with E-state index in [1.54, 1.807) is 0 Å². The number of Topliss-reactive ketones (excluding diaryl/α,β-unsaturated/α-hetero) is 1. The van der Waals surface area contributed by atoms with Crippen LogP contribution >= 0.6 is 0 Å². The van der Waals surface area contributed by atoms with Gasteiger partial charge in [-0.05, 0) is 49.4 Å². The van der Waals surface area contributed by atoms with Crippen molar-refractivity contribution in [3.63, 3.8) is 0 Å². The topological polar surface area (TPSA) is 17.1 Å². The van der Waals surface area contributed by atoms with E-state index in [1.165, 1.54) is 32.1 Å². The second-order valence-corrected chi connectivity index (χ2v) is 6.87. The van der Waals surface area contributed by atoms with Crippen molar-refractivity contribution in [2.24, 2.45) is 29.6 Å². The summed E-state index contributed by atoms with van der Waals surface area (Å²) in [5.41, 5.74) is 0. The van der Waals surface area contributed by atoms with Gasteiger partial charge in [0.2, 0.25) is 0 Å². The van der Waals surface area contributed by atoms with Crippen LogP contribution in [-0.2, 0) is 4.79 Å². The molecule has 0 bridgehead atoms. The van der Waals surface area contributed by atoms with Crippen molar-refractivity contribution in [2.45, 2.75) is 65.7 Å². The quantitative estimate of drug-likeness (QED) is 0.692. The molecular weight excluding hydrogens is 208 g/mol. The molecule has 2 rings (SSSR count). The monoisotopic (exact) mass is 236 g/mol. The van der Waals surface area contributed by atoms with Gasteiger partial charge in [-0.1, -0.05) is 33.6 Å². The minimum Gasteiger partial charge on any atom is -0.299 e. The van der Waals surface area contributed by atoms with Crippen molar-refractivity contribution in [1.29, 1.82) is 0 Å². The zero-order chi connectivity index (χ0) is 12.4. The molecule has 2 aliphatic rings. The van der Waals surface area contributed by atoms with Gasteiger partial charge in [-0.25, -0.2) is 0 Å². The molecule has 0 amide bonds. The van der Waals surface area contributed by atoms with Gasteiger partial charge in [0.25, 0.3) is 0 Å².